The Hall–Kier alpha value is -0.0800. The lowest BCUT2D eigenvalue weighted by molar-refractivity contribution is -0.0419. The van der Waals surface area contributed by atoms with E-state index in [0.29, 0.717) is 11.5 Å². The Morgan fingerprint density at radius 1 is 1.10 bits per heavy atom. The van der Waals surface area contributed by atoms with E-state index in [4.69, 9.17) is 10.5 Å². The zero-order valence-electron chi connectivity index (χ0n) is 13.9. The summed E-state index contributed by atoms with van der Waals surface area (Å²) >= 11 is 0. The van der Waals surface area contributed by atoms with E-state index in [0.717, 1.165) is 12.5 Å². The van der Waals surface area contributed by atoms with Gasteiger partial charge in [0.15, 0.2) is 0 Å². The Kier molecular flexibility index (Phi) is 5.53. The van der Waals surface area contributed by atoms with Crippen LogP contribution in [0.3, 0.4) is 0 Å². The number of nitrogens with two attached hydrogens (primary N) is 1. The van der Waals surface area contributed by atoms with Crippen molar-refractivity contribution in [2.24, 2.45) is 17.1 Å². The molecule has 1 saturated carbocycles. The van der Waals surface area contributed by atoms with Gasteiger partial charge in [-0.1, -0.05) is 26.2 Å². The van der Waals surface area contributed by atoms with Gasteiger partial charge in [0, 0.05) is 0 Å². The van der Waals surface area contributed by atoms with E-state index in [2.05, 4.69) is 20.8 Å². The Balaban J connectivity index is 1.83. The zero-order valence-corrected chi connectivity index (χ0v) is 13.9. The van der Waals surface area contributed by atoms with Gasteiger partial charge in [-0.25, -0.2) is 0 Å². The van der Waals surface area contributed by atoms with Crippen molar-refractivity contribution in [2.75, 3.05) is 6.54 Å². The monoisotopic (exact) mass is 281 g/mol. The molecule has 1 unspecified atom stereocenters. The summed E-state index contributed by atoms with van der Waals surface area (Å²) in [6, 6.07) is 0. The first-order valence-electron chi connectivity index (χ1n) is 8.86. The maximum absolute atomic E-state index is 6.21. The molecule has 2 rings (SSSR count). The van der Waals surface area contributed by atoms with Crippen LogP contribution in [0.25, 0.3) is 0 Å². The Bertz CT molecular complexity index is 292. The van der Waals surface area contributed by atoms with Crippen LogP contribution in [0.15, 0.2) is 0 Å². The van der Waals surface area contributed by atoms with Crippen molar-refractivity contribution in [2.45, 2.75) is 96.7 Å². The van der Waals surface area contributed by atoms with Gasteiger partial charge in [0.25, 0.3) is 0 Å². The van der Waals surface area contributed by atoms with Crippen molar-refractivity contribution in [3.63, 3.8) is 0 Å². The van der Waals surface area contributed by atoms with Crippen molar-refractivity contribution in [1.29, 1.82) is 0 Å². The number of hydrogen-bond donors (Lipinski definition) is 1. The second kappa shape index (κ2) is 6.79. The fourth-order valence-electron chi connectivity index (χ4n) is 4.27. The molecule has 118 valence electrons. The first-order chi connectivity index (χ1) is 9.49. The predicted molar refractivity (Wildman–Crippen MR) is 85.8 cm³/mol. The van der Waals surface area contributed by atoms with Crippen LogP contribution < -0.4 is 5.73 Å². The van der Waals surface area contributed by atoms with Crippen molar-refractivity contribution < 1.29 is 4.74 Å². The Morgan fingerprint density at radius 2 is 1.80 bits per heavy atom. The predicted octanol–water partition coefficient (Wildman–Crippen LogP) is 4.66. The summed E-state index contributed by atoms with van der Waals surface area (Å²) in [5.74, 6) is 0.968. The summed E-state index contributed by atoms with van der Waals surface area (Å²) in [5, 5.41) is 0. The van der Waals surface area contributed by atoms with E-state index < -0.39 is 0 Å². The third kappa shape index (κ3) is 4.21. The third-order valence-electron chi connectivity index (χ3n) is 5.78. The van der Waals surface area contributed by atoms with Crippen LogP contribution in [0.5, 0.6) is 0 Å². The minimum Gasteiger partial charge on any atom is -0.372 e. The van der Waals surface area contributed by atoms with Gasteiger partial charge in [-0.05, 0) is 76.7 Å². The molecule has 0 aromatic rings. The quantitative estimate of drug-likeness (QED) is 0.768. The highest BCUT2D eigenvalue weighted by Gasteiger charge is 2.40. The summed E-state index contributed by atoms with van der Waals surface area (Å²) in [6.45, 7) is 7.60. The van der Waals surface area contributed by atoms with Gasteiger partial charge >= 0.3 is 0 Å². The molecule has 0 bridgehead atoms. The average molecular weight is 281 g/mol. The molecule has 2 heteroatoms. The molecule has 0 aromatic heterocycles. The van der Waals surface area contributed by atoms with Crippen LogP contribution in [0.4, 0.5) is 0 Å². The Morgan fingerprint density at radius 3 is 2.30 bits per heavy atom. The van der Waals surface area contributed by atoms with Gasteiger partial charge in [0.2, 0.25) is 0 Å². The van der Waals surface area contributed by atoms with Crippen LogP contribution in [-0.4, -0.2) is 18.2 Å². The van der Waals surface area contributed by atoms with Crippen molar-refractivity contribution in [3.05, 3.63) is 0 Å². The summed E-state index contributed by atoms with van der Waals surface area (Å²) in [5.41, 5.74) is 6.65. The molecule has 2 aliphatic rings. The van der Waals surface area contributed by atoms with Gasteiger partial charge in [0.05, 0.1) is 11.7 Å². The number of rotatable bonds is 6. The minimum atomic E-state index is 0.0960. The minimum absolute atomic E-state index is 0.0960. The highest BCUT2D eigenvalue weighted by Crippen LogP contribution is 2.45. The molecule has 1 aliphatic carbocycles. The maximum Gasteiger partial charge on any atom is 0.0631 e. The highest BCUT2D eigenvalue weighted by molar-refractivity contribution is 4.91. The summed E-state index contributed by atoms with van der Waals surface area (Å²) in [6.07, 6.45) is 13.7. The normalized spacial score (nSPS) is 37.2. The topological polar surface area (TPSA) is 35.2 Å². The molecule has 1 atom stereocenters. The maximum atomic E-state index is 6.21. The molecule has 1 heterocycles. The number of hydrogen-bond acceptors (Lipinski definition) is 2. The summed E-state index contributed by atoms with van der Waals surface area (Å²) < 4.78 is 6.21. The fraction of sp³-hybridized carbons (Fsp3) is 1.00. The van der Waals surface area contributed by atoms with Crippen LogP contribution in [-0.2, 0) is 4.74 Å². The molecule has 2 nitrogen and oxygen atoms in total. The molecule has 0 spiro atoms. The highest BCUT2D eigenvalue weighted by atomic mass is 16.5. The molecule has 2 N–H and O–H groups in total. The molecule has 2 fully saturated rings. The van der Waals surface area contributed by atoms with Crippen LogP contribution in [0, 0.1) is 11.3 Å². The van der Waals surface area contributed by atoms with E-state index in [-0.39, 0.29) is 5.60 Å². The molecular formula is C18H35NO. The number of unbranched alkanes of at least 4 members (excludes halogenated alkanes) is 1. The van der Waals surface area contributed by atoms with E-state index >= 15 is 0 Å². The third-order valence-corrected chi connectivity index (χ3v) is 5.78. The molecule has 0 aromatic carbocycles. The molecular weight excluding hydrogens is 246 g/mol. The lowest BCUT2D eigenvalue weighted by Gasteiger charge is -2.41. The van der Waals surface area contributed by atoms with E-state index in [1.807, 2.05) is 0 Å². The second-order valence-electron chi connectivity index (χ2n) is 8.03. The summed E-state index contributed by atoms with van der Waals surface area (Å²) in [7, 11) is 0. The molecule has 0 radical (unpaired) electrons. The lowest BCUT2D eigenvalue weighted by Crippen LogP contribution is -2.38. The van der Waals surface area contributed by atoms with Crippen molar-refractivity contribution in [1.82, 2.24) is 0 Å². The SMILES string of the molecule is CCCCC1CCC(CN)(CC2CCC(C)(C)O2)CC1. The van der Waals surface area contributed by atoms with Crippen LogP contribution in [0.1, 0.15) is 85.0 Å². The first kappa shape index (κ1) is 16.3. The van der Waals surface area contributed by atoms with Gasteiger partial charge in [0.1, 0.15) is 0 Å². The van der Waals surface area contributed by atoms with Crippen LogP contribution in [0.2, 0.25) is 0 Å². The molecule has 20 heavy (non-hydrogen) atoms. The van der Waals surface area contributed by atoms with E-state index in [9.17, 15) is 0 Å². The van der Waals surface area contributed by atoms with Gasteiger partial charge in [-0.3, -0.25) is 0 Å². The number of ether oxygens (including phenoxy) is 1. The van der Waals surface area contributed by atoms with Crippen molar-refractivity contribution in [3.8, 4) is 0 Å². The fourth-order valence-corrected chi connectivity index (χ4v) is 4.27. The largest absolute Gasteiger partial charge is 0.372 e. The standard InChI is InChI=1S/C18H35NO/c1-4-5-6-15-7-11-18(14-19,12-8-15)13-16-9-10-17(2,3)20-16/h15-16H,4-14,19H2,1-3H3. The van der Waals surface area contributed by atoms with Crippen LogP contribution >= 0.6 is 0 Å². The second-order valence-corrected chi connectivity index (χ2v) is 8.03. The van der Waals surface area contributed by atoms with Gasteiger partial charge in [-0.2, -0.15) is 0 Å². The smallest absolute Gasteiger partial charge is 0.0631 e. The van der Waals surface area contributed by atoms with E-state index in [1.54, 1.807) is 0 Å². The molecule has 1 aliphatic heterocycles. The summed E-state index contributed by atoms with van der Waals surface area (Å²) in [4.78, 5) is 0. The lowest BCUT2D eigenvalue weighted by atomic mass is 9.66. The van der Waals surface area contributed by atoms with Gasteiger partial charge in [-0.15, -0.1) is 0 Å². The molecule has 0 amide bonds. The van der Waals surface area contributed by atoms with Crippen molar-refractivity contribution >= 4 is 0 Å². The average Bonchev–Trinajstić information content (AvgIpc) is 2.77. The van der Waals surface area contributed by atoms with Gasteiger partial charge < -0.3 is 10.5 Å². The zero-order chi connectivity index (χ0) is 14.6. The molecule has 1 saturated heterocycles. The Labute approximate surface area is 125 Å². The van der Waals surface area contributed by atoms with E-state index in [1.165, 1.54) is 64.2 Å². The first-order valence-corrected chi connectivity index (χ1v) is 8.86.